The van der Waals surface area contributed by atoms with Crippen molar-refractivity contribution in [3.8, 4) is 0 Å². The summed E-state index contributed by atoms with van der Waals surface area (Å²) in [6.45, 7) is 5.68. The van der Waals surface area contributed by atoms with Gasteiger partial charge in [0, 0.05) is 43.1 Å². The first-order valence-electron chi connectivity index (χ1n) is 11.9. The molecular weight excluding hydrogens is 498 g/mol. The highest BCUT2D eigenvalue weighted by Gasteiger charge is 2.27. The van der Waals surface area contributed by atoms with Crippen molar-refractivity contribution in [2.24, 2.45) is 5.92 Å². The Morgan fingerprint density at radius 1 is 1.00 bits per heavy atom. The topological polar surface area (TPSA) is 99.6 Å². The predicted molar refractivity (Wildman–Crippen MR) is 141 cm³/mol. The number of nitrogens with zero attached hydrogens (tertiary/aromatic N) is 2. The molecule has 1 atom stereocenters. The van der Waals surface area contributed by atoms with Crippen LogP contribution in [0.3, 0.4) is 0 Å². The summed E-state index contributed by atoms with van der Waals surface area (Å²) in [5.41, 5.74) is 2.17. The average molecular weight is 530 g/mol. The molecule has 0 saturated carbocycles. The van der Waals surface area contributed by atoms with Gasteiger partial charge in [0.25, 0.3) is 0 Å². The number of nitrogens with one attached hydrogen (secondary N) is 1. The summed E-state index contributed by atoms with van der Waals surface area (Å²) in [7, 11) is -3.76. The highest BCUT2D eigenvalue weighted by atomic mass is 35.5. The second kappa shape index (κ2) is 13.0. The Bertz CT molecular complexity index is 1220. The molecule has 2 N–H and O–H groups in total. The van der Waals surface area contributed by atoms with Gasteiger partial charge in [-0.15, -0.1) is 0 Å². The Morgan fingerprint density at radius 3 is 2.19 bits per heavy atom. The van der Waals surface area contributed by atoms with E-state index in [1.165, 1.54) is 12.1 Å². The van der Waals surface area contributed by atoms with Crippen LogP contribution in [0.5, 0.6) is 0 Å². The van der Waals surface area contributed by atoms with E-state index in [1.807, 2.05) is 12.1 Å². The minimum Gasteiger partial charge on any atom is -0.478 e. The Morgan fingerprint density at radius 2 is 1.64 bits per heavy atom. The number of sulfonamides is 1. The molecule has 0 amide bonds. The van der Waals surface area contributed by atoms with Gasteiger partial charge < -0.3 is 5.11 Å². The normalized spacial score (nSPS) is 12.7. The largest absolute Gasteiger partial charge is 0.478 e. The molecule has 192 valence electrons. The molecule has 0 radical (unpaired) electrons. The van der Waals surface area contributed by atoms with E-state index >= 15 is 0 Å². The number of carboxylic acids is 1. The molecule has 0 spiro atoms. The molecule has 0 aliphatic rings. The Hall–Kier alpha value is -2.78. The minimum absolute atomic E-state index is 0.123. The van der Waals surface area contributed by atoms with E-state index in [-0.39, 0.29) is 22.4 Å². The van der Waals surface area contributed by atoms with Gasteiger partial charge in [0.1, 0.15) is 0 Å². The fourth-order valence-electron chi connectivity index (χ4n) is 4.25. The van der Waals surface area contributed by atoms with Gasteiger partial charge >= 0.3 is 5.97 Å². The van der Waals surface area contributed by atoms with Crippen LogP contribution >= 0.6 is 11.6 Å². The standard InChI is InChI=1S/C27H32ClN3O4S/c1-3-22(4-2)26(30-36(34,35)25-13-11-24(28)12-14-25)19-31(18-21-6-5-15-29-16-21)17-20-7-9-23(10-8-20)27(32)33/h5-16,22,26,30H,3-4,17-19H2,1-2H3,(H,32,33). The maximum absolute atomic E-state index is 13.3. The molecule has 3 aromatic rings. The molecule has 7 nitrogen and oxygen atoms in total. The molecule has 9 heteroatoms. The number of hydrogen-bond acceptors (Lipinski definition) is 5. The summed E-state index contributed by atoms with van der Waals surface area (Å²) in [6, 6.07) is 16.4. The number of aromatic nitrogens is 1. The zero-order chi connectivity index (χ0) is 26.1. The number of carbonyl (C=O) groups is 1. The average Bonchev–Trinajstić information content (AvgIpc) is 2.85. The number of rotatable bonds is 13. The Labute approximate surface area is 218 Å². The van der Waals surface area contributed by atoms with Crippen LogP contribution in [0.1, 0.15) is 48.2 Å². The van der Waals surface area contributed by atoms with E-state index in [1.54, 1.807) is 48.8 Å². The lowest BCUT2D eigenvalue weighted by molar-refractivity contribution is 0.0697. The summed E-state index contributed by atoms with van der Waals surface area (Å²) in [5.74, 6) is -0.850. The molecule has 36 heavy (non-hydrogen) atoms. The minimum atomic E-state index is -3.76. The van der Waals surface area contributed by atoms with Crippen LogP contribution in [0.2, 0.25) is 5.02 Å². The molecule has 0 fully saturated rings. The molecule has 0 saturated heterocycles. The van der Waals surface area contributed by atoms with Crippen molar-refractivity contribution in [3.05, 3.63) is 94.8 Å². The van der Waals surface area contributed by atoms with Gasteiger partial charge in [-0.3, -0.25) is 9.88 Å². The first-order valence-corrected chi connectivity index (χ1v) is 13.8. The lowest BCUT2D eigenvalue weighted by Gasteiger charge is -2.32. The summed E-state index contributed by atoms with van der Waals surface area (Å²) in [6.07, 6.45) is 5.15. The molecule has 1 heterocycles. The highest BCUT2D eigenvalue weighted by Crippen LogP contribution is 2.21. The van der Waals surface area contributed by atoms with Gasteiger partial charge in [0.2, 0.25) is 10.0 Å². The number of carboxylic acid groups (broad SMARTS) is 1. The first-order chi connectivity index (χ1) is 17.2. The van der Waals surface area contributed by atoms with Gasteiger partial charge in [-0.2, -0.15) is 0 Å². The number of pyridine rings is 1. The Balaban J connectivity index is 1.88. The van der Waals surface area contributed by atoms with Crippen molar-refractivity contribution in [1.82, 2.24) is 14.6 Å². The molecule has 2 aromatic carbocycles. The number of aromatic carboxylic acids is 1. The van der Waals surface area contributed by atoms with Crippen LogP contribution in [-0.2, 0) is 23.1 Å². The van der Waals surface area contributed by atoms with Gasteiger partial charge in [0.05, 0.1) is 10.5 Å². The van der Waals surface area contributed by atoms with Gasteiger partial charge in [-0.05, 0) is 59.5 Å². The van der Waals surface area contributed by atoms with Crippen molar-refractivity contribution in [1.29, 1.82) is 0 Å². The number of halogens is 1. The van der Waals surface area contributed by atoms with Crippen molar-refractivity contribution in [2.75, 3.05) is 6.54 Å². The van der Waals surface area contributed by atoms with Crippen molar-refractivity contribution < 1.29 is 18.3 Å². The van der Waals surface area contributed by atoms with E-state index in [0.717, 1.165) is 24.0 Å². The number of hydrogen-bond donors (Lipinski definition) is 2. The molecule has 1 aromatic heterocycles. The lowest BCUT2D eigenvalue weighted by Crippen LogP contribution is -2.47. The van der Waals surface area contributed by atoms with Gasteiger partial charge in [-0.25, -0.2) is 17.9 Å². The maximum atomic E-state index is 13.3. The first kappa shape index (κ1) is 27.8. The summed E-state index contributed by atoms with van der Waals surface area (Å²) < 4.78 is 29.5. The van der Waals surface area contributed by atoms with Crippen molar-refractivity contribution in [2.45, 2.75) is 50.7 Å². The highest BCUT2D eigenvalue weighted by molar-refractivity contribution is 7.89. The molecular formula is C27H32ClN3O4S. The van der Waals surface area contributed by atoms with Gasteiger partial charge in [-0.1, -0.05) is 56.5 Å². The summed E-state index contributed by atoms with van der Waals surface area (Å²) in [5, 5.41) is 9.69. The molecule has 1 unspecified atom stereocenters. The van der Waals surface area contributed by atoms with E-state index in [4.69, 9.17) is 11.6 Å². The fourth-order valence-corrected chi connectivity index (χ4v) is 5.67. The van der Waals surface area contributed by atoms with E-state index in [0.29, 0.717) is 24.7 Å². The van der Waals surface area contributed by atoms with Crippen molar-refractivity contribution >= 4 is 27.6 Å². The van der Waals surface area contributed by atoms with E-state index < -0.39 is 16.0 Å². The van der Waals surface area contributed by atoms with Gasteiger partial charge in [0.15, 0.2) is 0 Å². The third-order valence-corrected chi connectivity index (χ3v) is 8.00. The van der Waals surface area contributed by atoms with Crippen LogP contribution < -0.4 is 4.72 Å². The Kier molecular flexibility index (Phi) is 10.0. The van der Waals surface area contributed by atoms with Crippen LogP contribution in [0, 0.1) is 5.92 Å². The molecule has 0 aliphatic heterocycles. The zero-order valence-electron chi connectivity index (χ0n) is 20.5. The molecule has 0 bridgehead atoms. The zero-order valence-corrected chi connectivity index (χ0v) is 22.0. The van der Waals surface area contributed by atoms with Crippen LogP contribution in [0.4, 0.5) is 0 Å². The summed E-state index contributed by atoms with van der Waals surface area (Å²) >= 11 is 5.95. The third-order valence-electron chi connectivity index (χ3n) is 6.24. The second-order valence-corrected chi connectivity index (χ2v) is 10.9. The maximum Gasteiger partial charge on any atom is 0.335 e. The van der Waals surface area contributed by atoms with Crippen LogP contribution in [-0.4, -0.2) is 42.0 Å². The van der Waals surface area contributed by atoms with Crippen molar-refractivity contribution in [3.63, 3.8) is 0 Å². The third kappa shape index (κ3) is 7.86. The van der Waals surface area contributed by atoms with Crippen LogP contribution in [0.15, 0.2) is 78.0 Å². The quantitative estimate of drug-likeness (QED) is 0.315. The predicted octanol–water partition coefficient (Wildman–Crippen LogP) is 5.22. The molecule has 3 rings (SSSR count). The van der Waals surface area contributed by atoms with E-state index in [2.05, 4.69) is 28.5 Å². The number of benzene rings is 2. The van der Waals surface area contributed by atoms with Crippen LogP contribution in [0.25, 0.3) is 0 Å². The van der Waals surface area contributed by atoms with E-state index in [9.17, 15) is 18.3 Å². The lowest BCUT2D eigenvalue weighted by atomic mass is 9.94. The fraction of sp³-hybridized carbons (Fsp3) is 0.333. The molecule has 0 aliphatic carbocycles. The monoisotopic (exact) mass is 529 g/mol. The second-order valence-electron chi connectivity index (χ2n) is 8.79. The summed E-state index contributed by atoms with van der Waals surface area (Å²) in [4.78, 5) is 17.8. The SMILES string of the molecule is CCC(CC)C(CN(Cc1ccc(C(=O)O)cc1)Cc1cccnc1)NS(=O)(=O)c1ccc(Cl)cc1. The smallest absolute Gasteiger partial charge is 0.335 e.